The highest BCUT2D eigenvalue weighted by molar-refractivity contribution is 7.09. The number of hydrogen-bond acceptors (Lipinski definition) is 6. The summed E-state index contributed by atoms with van der Waals surface area (Å²) in [4.78, 5) is 26.3. The van der Waals surface area contributed by atoms with Gasteiger partial charge in [-0.05, 0) is 57.4 Å². The standard InChI is InChI=1S/C21H26N2O2S.C7H6O/c1-5-25-21(24)16(4)10-15(3)11-18-13-26-20(23-18)19(22)12-17-8-6-14(2)7-9-17;8-6-7-4-2-1-3-5-7/h6-11,13,19H,5,12,22H2,1-4H3;1-6H/b15-11+,16-10-;. The first-order valence-corrected chi connectivity index (χ1v) is 12.0. The second-order valence-corrected chi connectivity index (χ2v) is 8.76. The van der Waals surface area contributed by atoms with Crippen LogP contribution in [0.25, 0.3) is 6.08 Å². The van der Waals surface area contributed by atoms with E-state index in [0.717, 1.165) is 34.5 Å². The molecular weight excluding hydrogens is 444 g/mol. The van der Waals surface area contributed by atoms with Crippen molar-refractivity contribution in [3.63, 3.8) is 0 Å². The van der Waals surface area contributed by atoms with Crippen LogP contribution in [0.1, 0.15) is 59.0 Å². The smallest absolute Gasteiger partial charge is 0.333 e. The fourth-order valence-electron chi connectivity index (χ4n) is 3.05. The van der Waals surface area contributed by atoms with Crippen molar-refractivity contribution >= 4 is 29.7 Å². The summed E-state index contributed by atoms with van der Waals surface area (Å²) in [5, 5.41) is 2.90. The van der Waals surface area contributed by atoms with E-state index in [1.54, 1.807) is 37.3 Å². The average Bonchev–Trinajstić information content (AvgIpc) is 3.30. The number of carbonyl (C=O) groups excluding carboxylic acids is 2. The van der Waals surface area contributed by atoms with Gasteiger partial charge in [0.15, 0.2) is 0 Å². The van der Waals surface area contributed by atoms with Crippen LogP contribution in [0.4, 0.5) is 0 Å². The maximum atomic E-state index is 11.7. The Labute approximate surface area is 206 Å². The predicted molar refractivity (Wildman–Crippen MR) is 140 cm³/mol. The topological polar surface area (TPSA) is 82.3 Å². The normalized spacial score (nSPS) is 12.4. The zero-order valence-corrected chi connectivity index (χ0v) is 21.0. The third-order valence-corrected chi connectivity index (χ3v) is 5.78. The van der Waals surface area contributed by atoms with E-state index in [0.29, 0.717) is 12.2 Å². The number of nitrogens with zero attached hydrogens (tertiary/aromatic N) is 1. The van der Waals surface area contributed by atoms with Crippen molar-refractivity contribution in [3.05, 3.63) is 105 Å². The lowest BCUT2D eigenvalue weighted by Crippen LogP contribution is -2.13. The minimum Gasteiger partial charge on any atom is -0.463 e. The number of aryl methyl sites for hydroxylation is 1. The molecule has 0 aliphatic heterocycles. The first kappa shape index (κ1) is 26.9. The lowest BCUT2D eigenvalue weighted by molar-refractivity contribution is -0.138. The van der Waals surface area contributed by atoms with Crippen molar-refractivity contribution in [2.75, 3.05) is 6.61 Å². The van der Waals surface area contributed by atoms with Gasteiger partial charge in [0.2, 0.25) is 0 Å². The highest BCUT2D eigenvalue weighted by atomic mass is 32.1. The number of aromatic nitrogens is 1. The first-order chi connectivity index (χ1) is 16.3. The van der Waals surface area contributed by atoms with Gasteiger partial charge in [0.25, 0.3) is 0 Å². The molecule has 0 amide bonds. The van der Waals surface area contributed by atoms with Crippen molar-refractivity contribution in [2.45, 2.75) is 40.2 Å². The zero-order valence-electron chi connectivity index (χ0n) is 20.2. The van der Waals surface area contributed by atoms with Crippen LogP contribution in [-0.2, 0) is 16.0 Å². The van der Waals surface area contributed by atoms with Gasteiger partial charge < -0.3 is 10.5 Å². The van der Waals surface area contributed by atoms with Crippen LogP contribution in [0.3, 0.4) is 0 Å². The summed E-state index contributed by atoms with van der Waals surface area (Å²) in [5.74, 6) is -0.292. The van der Waals surface area contributed by atoms with Gasteiger partial charge in [-0.1, -0.05) is 60.2 Å². The van der Waals surface area contributed by atoms with Crippen LogP contribution >= 0.6 is 11.3 Å². The van der Waals surface area contributed by atoms with Gasteiger partial charge in [-0.25, -0.2) is 9.78 Å². The van der Waals surface area contributed by atoms with E-state index in [1.807, 2.05) is 42.7 Å². The minimum absolute atomic E-state index is 0.123. The summed E-state index contributed by atoms with van der Waals surface area (Å²) < 4.78 is 4.99. The van der Waals surface area contributed by atoms with Crippen LogP contribution < -0.4 is 5.73 Å². The number of rotatable bonds is 8. The van der Waals surface area contributed by atoms with E-state index in [1.165, 1.54) is 11.1 Å². The van der Waals surface area contributed by atoms with Gasteiger partial charge in [-0.15, -0.1) is 11.3 Å². The number of thiazole rings is 1. The van der Waals surface area contributed by atoms with Crippen molar-refractivity contribution in [1.29, 1.82) is 0 Å². The van der Waals surface area contributed by atoms with Gasteiger partial charge >= 0.3 is 5.97 Å². The molecule has 1 aromatic heterocycles. The monoisotopic (exact) mass is 476 g/mol. The molecule has 1 heterocycles. The Kier molecular flexibility index (Phi) is 11.1. The molecule has 5 nitrogen and oxygen atoms in total. The summed E-state index contributed by atoms with van der Waals surface area (Å²) in [6.45, 7) is 7.93. The highest BCUT2D eigenvalue weighted by Gasteiger charge is 2.11. The molecule has 0 aliphatic carbocycles. The molecule has 3 aromatic rings. The Balaban J connectivity index is 0.000000430. The quantitative estimate of drug-likeness (QED) is 0.184. The molecule has 1 unspecified atom stereocenters. The summed E-state index contributed by atoms with van der Waals surface area (Å²) in [5.41, 5.74) is 11.9. The van der Waals surface area contributed by atoms with Gasteiger partial charge in [-0.3, -0.25) is 4.79 Å². The van der Waals surface area contributed by atoms with Crippen LogP contribution in [0.15, 0.2) is 77.2 Å². The molecule has 178 valence electrons. The second-order valence-electron chi connectivity index (χ2n) is 7.87. The lowest BCUT2D eigenvalue weighted by Gasteiger charge is -2.08. The molecule has 2 aromatic carbocycles. The molecule has 0 radical (unpaired) electrons. The molecule has 0 bridgehead atoms. The van der Waals surface area contributed by atoms with Gasteiger partial charge in [0.1, 0.15) is 11.3 Å². The van der Waals surface area contributed by atoms with E-state index >= 15 is 0 Å². The predicted octanol–water partition coefficient (Wildman–Crippen LogP) is 6.11. The first-order valence-electron chi connectivity index (χ1n) is 11.1. The average molecular weight is 477 g/mol. The van der Waals surface area contributed by atoms with E-state index in [4.69, 9.17) is 10.5 Å². The van der Waals surface area contributed by atoms with Crippen molar-refractivity contribution in [2.24, 2.45) is 5.73 Å². The number of carbonyl (C=O) groups is 2. The third kappa shape index (κ3) is 9.25. The summed E-state index contributed by atoms with van der Waals surface area (Å²) in [6, 6.07) is 17.4. The van der Waals surface area contributed by atoms with E-state index in [2.05, 4.69) is 36.2 Å². The zero-order chi connectivity index (χ0) is 24.9. The maximum absolute atomic E-state index is 11.7. The number of allylic oxidation sites excluding steroid dienone is 2. The van der Waals surface area contributed by atoms with Gasteiger partial charge in [-0.2, -0.15) is 0 Å². The fourth-order valence-corrected chi connectivity index (χ4v) is 3.83. The van der Waals surface area contributed by atoms with Gasteiger partial charge in [0.05, 0.1) is 18.3 Å². The Morgan fingerprint density at radius 2 is 1.79 bits per heavy atom. The molecule has 0 saturated heterocycles. The van der Waals surface area contributed by atoms with Crippen LogP contribution in [0.2, 0.25) is 0 Å². The second kappa shape index (κ2) is 14.0. The minimum atomic E-state index is -0.292. The van der Waals surface area contributed by atoms with E-state index < -0.39 is 0 Å². The third-order valence-electron chi connectivity index (χ3n) is 4.79. The van der Waals surface area contributed by atoms with E-state index in [9.17, 15) is 9.59 Å². The van der Waals surface area contributed by atoms with Gasteiger partial charge in [0, 0.05) is 16.5 Å². The number of nitrogens with two attached hydrogens (primary N) is 1. The number of benzene rings is 2. The summed E-state index contributed by atoms with van der Waals surface area (Å²) in [6.07, 6.45) is 5.35. The van der Waals surface area contributed by atoms with E-state index in [-0.39, 0.29) is 12.0 Å². The van der Waals surface area contributed by atoms with Crippen molar-refractivity contribution < 1.29 is 14.3 Å². The lowest BCUT2D eigenvalue weighted by atomic mass is 10.1. The largest absolute Gasteiger partial charge is 0.463 e. The molecule has 1 atom stereocenters. The number of esters is 1. The van der Waals surface area contributed by atoms with Crippen LogP contribution in [-0.4, -0.2) is 23.8 Å². The molecular formula is C28H32N2O3S. The van der Waals surface area contributed by atoms with Crippen LogP contribution in [0, 0.1) is 6.92 Å². The highest BCUT2D eigenvalue weighted by Crippen LogP contribution is 2.22. The molecule has 34 heavy (non-hydrogen) atoms. The Bertz CT molecular complexity index is 1120. The molecule has 0 aliphatic rings. The maximum Gasteiger partial charge on any atom is 0.333 e. The Hall–Kier alpha value is -3.35. The van der Waals surface area contributed by atoms with Crippen molar-refractivity contribution in [3.8, 4) is 0 Å². The molecule has 2 N–H and O–H groups in total. The summed E-state index contributed by atoms with van der Waals surface area (Å²) in [7, 11) is 0. The SMILES string of the molecule is CCOC(=O)/C(C)=C\C(C)=C\c1csc(C(N)Cc2ccc(C)cc2)n1.O=Cc1ccccc1. The molecule has 0 saturated carbocycles. The van der Waals surface area contributed by atoms with Crippen molar-refractivity contribution in [1.82, 2.24) is 4.98 Å². The summed E-state index contributed by atoms with van der Waals surface area (Å²) >= 11 is 1.56. The molecule has 0 fully saturated rings. The molecule has 6 heteroatoms. The fraction of sp³-hybridized carbons (Fsp3) is 0.250. The molecule has 3 rings (SSSR count). The number of aldehydes is 1. The Morgan fingerprint density at radius 3 is 2.38 bits per heavy atom. The number of ether oxygens (including phenoxy) is 1. The number of hydrogen-bond donors (Lipinski definition) is 1. The molecule has 0 spiro atoms. The Morgan fingerprint density at radius 1 is 1.12 bits per heavy atom. The van der Waals surface area contributed by atoms with Crippen LogP contribution in [0.5, 0.6) is 0 Å².